The van der Waals surface area contributed by atoms with Crippen LogP contribution < -0.4 is 0 Å². The predicted octanol–water partition coefficient (Wildman–Crippen LogP) is 0.867. The molecule has 1 heterocycles. The smallest absolute Gasteiger partial charge is 0.0932 e. The standard InChI is InChI=1S/C14H27NO3/c1-14(2)4-3-13(17)11(7-14)8-15-5-6-18-12(9-15)10-16/h11-13,16-17H,3-10H2,1-2H3. The molecular formula is C14H27NO3. The van der Waals surface area contributed by atoms with Crippen LogP contribution in [0.25, 0.3) is 0 Å². The first kappa shape index (κ1) is 14.3. The van der Waals surface area contributed by atoms with Crippen LogP contribution in [0.3, 0.4) is 0 Å². The lowest BCUT2D eigenvalue weighted by molar-refractivity contribution is -0.0693. The van der Waals surface area contributed by atoms with Gasteiger partial charge < -0.3 is 14.9 Å². The number of aliphatic hydroxyl groups is 2. The monoisotopic (exact) mass is 257 g/mol. The van der Waals surface area contributed by atoms with Gasteiger partial charge in [0.2, 0.25) is 0 Å². The van der Waals surface area contributed by atoms with E-state index in [9.17, 15) is 5.11 Å². The van der Waals surface area contributed by atoms with Gasteiger partial charge in [-0.15, -0.1) is 0 Å². The second-order valence-corrected chi connectivity index (χ2v) is 6.67. The molecule has 4 heteroatoms. The number of aliphatic hydroxyl groups excluding tert-OH is 2. The highest BCUT2D eigenvalue weighted by molar-refractivity contribution is 4.87. The zero-order valence-corrected chi connectivity index (χ0v) is 11.6. The third-order valence-electron chi connectivity index (χ3n) is 4.40. The van der Waals surface area contributed by atoms with E-state index in [1.807, 2.05) is 0 Å². The Hall–Kier alpha value is -0.160. The van der Waals surface area contributed by atoms with Gasteiger partial charge in [0.25, 0.3) is 0 Å². The minimum absolute atomic E-state index is 0.0486. The third-order valence-corrected chi connectivity index (χ3v) is 4.40. The van der Waals surface area contributed by atoms with Gasteiger partial charge in [0, 0.05) is 19.6 Å². The molecule has 106 valence electrons. The number of nitrogens with zero attached hydrogens (tertiary/aromatic N) is 1. The topological polar surface area (TPSA) is 52.9 Å². The SMILES string of the molecule is CC1(C)CCC(O)C(CN2CCOC(CO)C2)C1. The number of morpholine rings is 1. The van der Waals surface area contributed by atoms with Gasteiger partial charge in [0.05, 0.1) is 25.4 Å². The molecule has 18 heavy (non-hydrogen) atoms. The molecular weight excluding hydrogens is 230 g/mol. The summed E-state index contributed by atoms with van der Waals surface area (Å²) in [5.41, 5.74) is 0.354. The Balaban J connectivity index is 1.87. The van der Waals surface area contributed by atoms with E-state index in [2.05, 4.69) is 18.7 Å². The molecule has 0 aromatic heterocycles. The van der Waals surface area contributed by atoms with Gasteiger partial charge in [-0.05, 0) is 30.6 Å². The van der Waals surface area contributed by atoms with Crippen molar-refractivity contribution in [3.63, 3.8) is 0 Å². The highest BCUT2D eigenvalue weighted by Crippen LogP contribution is 2.39. The van der Waals surface area contributed by atoms with Crippen molar-refractivity contribution >= 4 is 0 Å². The van der Waals surface area contributed by atoms with Crippen molar-refractivity contribution < 1.29 is 14.9 Å². The summed E-state index contributed by atoms with van der Waals surface area (Å²) in [4.78, 5) is 2.33. The van der Waals surface area contributed by atoms with Gasteiger partial charge >= 0.3 is 0 Å². The van der Waals surface area contributed by atoms with Crippen LogP contribution in [0.1, 0.15) is 33.1 Å². The molecule has 0 aromatic rings. The average Bonchev–Trinajstić information content (AvgIpc) is 2.34. The van der Waals surface area contributed by atoms with Crippen LogP contribution in [-0.2, 0) is 4.74 Å². The maximum Gasteiger partial charge on any atom is 0.0932 e. The van der Waals surface area contributed by atoms with Gasteiger partial charge in [-0.2, -0.15) is 0 Å². The van der Waals surface area contributed by atoms with Crippen LogP contribution in [0.5, 0.6) is 0 Å². The van der Waals surface area contributed by atoms with E-state index in [0.29, 0.717) is 17.9 Å². The molecule has 3 atom stereocenters. The molecule has 1 aliphatic carbocycles. The fourth-order valence-corrected chi connectivity index (χ4v) is 3.30. The minimum Gasteiger partial charge on any atom is -0.394 e. The average molecular weight is 257 g/mol. The normalized spacial score (nSPS) is 37.7. The van der Waals surface area contributed by atoms with E-state index >= 15 is 0 Å². The molecule has 4 nitrogen and oxygen atoms in total. The molecule has 3 unspecified atom stereocenters. The van der Waals surface area contributed by atoms with Crippen molar-refractivity contribution in [2.24, 2.45) is 11.3 Å². The maximum atomic E-state index is 10.1. The summed E-state index contributed by atoms with van der Waals surface area (Å²) in [5.74, 6) is 0.367. The molecule has 0 radical (unpaired) electrons. The molecule has 0 amide bonds. The van der Waals surface area contributed by atoms with Crippen molar-refractivity contribution in [2.45, 2.75) is 45.3 Å². The van der Waals surface area contributed by atoms with Crippen LogP contribution >= 0.6 is 0 Å². The van der Waals surface area contributed by atoms with E-state index in [4.69, 9.17) is 9.84 Å². The second kappa shape index (κ2) is 5.87. The van der Waals surface area contributed by atoms with E-state index < -0.39 is 0 Å². The van der Waals surface area contributed by atoms with Gasteiger partial charge in [-0.3, -0.25) is 4.90 Å². The molecule has 1 aliphatic heterocycles. The zero-order valence-electron chi connectivity index (χ0n) is 11.6. The molecule has 0 aromatic carbocycles. The van der Waals surface area contributed by atoms with Gasteiger partial charge in [-0.1, -0.05) is 13.8 Å². The molecule has 2 fully saturated rings. The van der Waals surface area contributed by atoms with Crippen LogP contribution in [0, 0.1) is 11.3 Å². The zero-order chi connectivity index (χ0) is 13.2. The Morgan fingerprint density at radius 1 is 1.39 bits per heavy atom. The van der Waals surface area contributed by atoms with Crippen LogP contribution in [-0.4, -0.2) is 60.2 Å². The molecule has 0 bridgehead atoms. The van der Waals surface area contributed by atoms with Gasteiger partial charge in [0.1, 0.15) is 0 Å². The van der Waals surface area contributed by atoms with Gasteiger partial charge in [-0.25, -0.2) is 0 Å². The Morgan fingerprint density at radius 2 is 2.17 bits per heavy atom. The summed E-state index contributed by atoms with van der Waals surface area (Å²) in [6, 6.07) is 0. The maximum absolute atomic E-state index is 10.1. The fourth-order valence-electron chi connectivity index (χ4n) is 3.30. The summed E-state index contributed by atoms with van der Waals surface area (Å²) >= 11 is 0. The van der Waals surface area contributed by atoms with Crippen molar-refractivity contribution in [2.75, 3.05) is 32.8 Å². The largest absolute Gasteiger partial charge is 0.394 e. The van der Waals surface area contributed by atoms with Crippen LogP contribution in [0.4, 0.5) is 0 Å². The Kier molecular flexibility index (Phi) is 4.64. The number of hydrogen-bond acceptors (Lipinski definition) is 4. The second-order valence-electron chi connectivity index (χ2n) is 6.67. The lowest BCUT2D eigenvalue weighted by atomic mass is 9.70. The van der Waals surface area contributed by atoms with E-state index in [1.54, 1.807) is 0 Å². The first-order valence-electron chi connectivity index (χ1n) is 7.13. The molecule has 1 saturated heterocycles. The van der Waals surface area contributed by atoms with E-state index in [-0.39, 0.29) is 18.8 Å². The molecule has 0 spiro atoms. The van der Waals surface area contributed by atoms with Crippen molar-refractivity contribution in [1.29, 1.82) is 0 Å². The van der Waals surface area contributed by atoms with Crippen LogP contribution in [0.2, 0.25) is 0 Å². The van der Waals surface area contributed by atoms with Crippen molar-refractivity contribution in [3.05, 3.63) is 0 Å². The summed E-state index contributed by atoms with van der Waals surface area (Å²) in [5, 5.41) is 19.3. The number of hydrogen-bond donors (Lipinski definition) is 2. The Morgan fingerprint density at radius 3 is 2.89 bits per heavy atom. The van der Waals surface area contributed by atoms with Crippen molar-refractivity contribution in [3.8, 4) is 0 Å². The van der Waals surface area contributed by atoms with Crippen molar-refractivity contribution in [1.82, 2.24) is 4.90 Å². The van der Waals surface area contributed by atoms with Crippen LogP contribution in [0.15, 0.2) is 0 Å². The first-order chi connectivity index (χ1) is 8.50. The Bertz CT molecular complexity index is 270. The summed E-state index contributed by atoms with van der Waals surface area (Å²) in [6.07, 6.45) is 2.93. The lowest BCUT2D eigenvalue weighted by Crippen LogP contribution is -2.48. The highest BCUT2D eigenvalue weighted by atomic mass is 16.5. The number of rotatable bonds is 3. The minimum atomic E-state index is -0.159. The fraction of sp³-hybridized carbons (Fsp3) is 1.00. The van der Waals surface area contributed by atoms with E-state index in [1.165, 1.54) is 0 Å². The number of ether oxygens (including phenoxy) is 1. The molecule has 2 N–H and O–H groups in total. The predicted molar refractivity (Wildman–Crippen MR) is 70.4 cm³/mol. The summed E-state index contributed by atoms with van der Waals surface area (Å²) in [7, 11) is 0. The first-order valence-corrected chi connectivity index (χ1v) is 7.13. The summed E-state index contributed by atoms with van der Waals surface area (Å²) in [6.45, 7) is 8.01. The molecule has 2 rings (SSSR count). The van der Waals surface area contributed by atoms with E-state index in [0.717, 1.165) is 38.9 Å². The molecule has 1 saturated carbocycles. The van der Waals surface area contributed by atoms with Gasteiger partial charge in [0.15, 0.2) is 0 Å². The quantitative estimate of drug-likeness (QED) is 0.787. The Labute approximate surface area is 110 Å². The summed E-state index contributed by atoms with van der Waals surface area (Å²) < 4.78 is 5.46. The lowest BCUT2D eigenvalue weighted by Gasteiger charge is -2.42. The highest BCUT2D eigenvalue weighted by Gasteiger charge is 2.35. The molecule has 2 aliphatic rings. The third kappa shape index (κ3) is 3.67.